The first-order valence-electron chi connectivity index (χ1n) is 24.6. The SMILES string of the molecule is CC1(C)c2ccccc2-c2c(-c3cc(-c4ccccc4)c(N4c5ccc(-c6ccc(-c7ccccc7)cc6)cc5Oc5cc(-c6ccc(-c7ccccc7)cc6)ccc54)c(-c4ccccc4)c3)cccc21. The average molecular weight is 908 g/mol. The van der Waals surface area contributed by atoms with Gasteiger partial charge in [-0.25, -0.2) is 0 Å². The Morgan fingerprint density at radius 1 is 0.282 bits per heavy atom. The average Bonchev–Trinajstić information content (AvgIpc) is 3.68. The van der Waals surface area contributed by atoms with Crippen LogP contribution in [0.5, 0.6) is 11.5 Å². The van der Waals surface area contributed by atoms with Crippen LogP contribution in [0.2, 0.25) is 0 Å². The first kappa shape index (κ1) is 42.1. The van der Waals surface area contributed by atoms with Crippen molar-refractivity contribution in [1.82, 2.24) is 0 Å². The van der Waals surface area contributed by atoms with E-state index < -0.39 is 0 Å². The van der Waals surface area contributed by atoms with E-state index in [-0.39, 0.29) is 5.41 Å². The van der Waals surface area contributed by atoms with Gasteiger partial charge < -0.3 is 9.64 Å². The molecule has 2 nitrogen and oxygen atoms in total. The molecule has 0 saturated heterocycles. The highest BCUT2D eigenvalue weighted by atomic mass is 16.5. The van der Waals surface area contributed by atoms with Crippen LogP contribution in [0, 0.1) is 0 Å². The highest BCUT2D eigenvalue weighted by molar-refractivity contribution is 6.04. The second kappa shape index (κ2) is 17.2. The minimum Gasteiger partial charge on any atom is -0.453 e. The number of benzene rings is 11. The van der Waals surface area contributed by atoms with Crippen LogP contribution < -0.4 is 9.64 Å². The Morgan fingerprint density at radius 2 is 0.648 bits per heavy atom. The van der Waals surface area contributed by atoms with E-state index in [0.717, 1.165) is 73.1 Å². The number of anilines is 3. The summed E-state index contributed by atoms with van der Waals surface area (Å²) in [5, 5.41) is 0. The number of hydrogen-bond acceptors (Lipinski definition) is 2. The Bertz CT molecular complexity index is 3570. The molecule has 0 fully saturated rings. The van der Waals surface area contributed by atoms with Crippen molar-refractivity contribution in [2.75, 3.05) is 4.90 Å². The molecule has 2 aliphatic rings. The van der Waals surface area contributed by atoms with Crippen LogP contribution in [0.4, 0.5) is 17.1 Å². The number of fused-ring (bicyclic) bond motifs is 5. The van der Waals surface area contributed by atoms with E-state index in [1.54, 1.807) is 0 Å². The molecule has 0 bridgehead atoms. The van der Waals surface area contributed by atoms with Gasteiger partial charge in [0.1, 0.15) is 0 Å². The highest BCUT2D eigenvalue weighted by Crippen LogP contribution is 2.58. The van der Waals surface area contributed by atoms with Gasteiger partial charge in [-0.15, -0.1) is 0 Å². The minimum absolute atomic E-state index is 0.126. The van der Waals surface area contributed by atoms with Gasteiger partial charge in [-0.2, -0.15) is 0 Å². The molecule has 0 radical (unpaired) electrons. The van der Waals surface area contributed by atoms with Gasteiger partial charge in [0.15, 0.2) is 11.5 Å². The Hall–Kier alpha value is -8.98. The van der Waals surface area contributed by atoms with Crippen LogP contribution in [0.3, 0.4) is 0 Å². The zero-order valence-electron chi connectivity index (χ0n) is 39.7. The van der Waals surface area contributed by atoms with Gasteiger partial charge in [0, 0.05) is 16.5 Å². The van der Waals surface area contributed by atoms with Crippen molar-refractivity contribution in [3.05, 3.63) is 272 Å². The molecular weight excluding hydrogens is 859 g/mol. The summed E-state index contributed by atoms with van der Waals surface area (Å²) in [6, 6.07) is 94.8. The van der Waals surface area contributed by atoms with Gasteiger partial charge >= 0.3 is 0 Å². The van der Waals surface area contributed by atoms with E-state index in [0.29, 0.717) is 0 Å². The second-order valence-corrected chi connectivity index (χ2v) is 19.2. The Kier molecular flexibility index (Phi) is 10.2. The lowest BCUT2D eigenvalue weighted by Gasteiger charge is -2.36. The minimum atomic E-state index is -0.126. The molecule has 0 aromatic heterocycles. The highest BCUT2D eigenvalue weighted by Gasteiger charge is 2.37. The third-order valence-corrected chi connectivity index (χ3v) is 14.7. The summed E-state index contributed by atoms with van der Waals surface area (Å²) in [5.41, 5.74) is 24.4. The summed E-state index contributed by atoms with van der Waals surface area (Å²) >= 11 is 0. The molecule has 336 valence electrons. The van der Waals surface area contributed by atoms with Crippen molar-refractivity contribution in [2.45, 2.75) is 19.3 Å². The van der Waals surface area contributed by atoms with Crippen LogP contribution in [-0.2, 0) is 5.41 Å². The molecule has 0 unspecified atom stereocenters. The molecule has 0 spiro atoms. The second-order valence-electron chi connectivity index (χ2n) is 19.2. The summed E-state index contributed by atoms with van der Waals surface area (Å²) in [6.07, 6.45) is 0. The maximum absolute atomic E-state index is 7.19. The molecular formula is C69H49NO. The maximum atomic E-state index is 7.19. The van der Waals surface area contributed by atoms with E-state index in [9.17, 15) is 0 Å². The zero-order chi connectivity index (χ0) is 47.5. The lowest BCUT2D eigenvalue weighted by atomic mass is 9.81. The molecule has 11 aromatic rings. The summed E-state index contributed by atoms with van der Waals surface area (Å²) in [6.45, 7) is 4.72. The Labute approximate surface area is 416 Å². The van der Waals surface area contributed by atoms with Crippen LogP contribution in [0.15, 0.2) is 261 Å². The molecule has 71 heavy (non-hydrogen) atoms. The number of nitrogens with zero attached hydrogens (tertiary/aromatic N) is 1. The van der Waals surface area contributed by atoms with Crippen molar-refractivity contribution in [1.29, 1.82) is 0 Å². The predicted molar refractivity (Wildman–Crippen MR) is 297 cm³/mol. The fourth-order valence-corrected chi connectivity index (χ4v) is 11.1. The van der Waals surface area contributed by atoms with Gasteiger partial charge in [-0.05, 0) is 125 Å². The summed E-state index contributed by atoms with van der Waals surface area (Å²) in [4.78, 5) is 2.46. The van der Waals surface area contributed by atoms with Gasteiger partial charge in [0.05, 0.1) is 17.1 Å². The van der Waals surface area contributed by atoms with Gasteiger partial charge in [0.2, 0.25) is 0 Å². The van der Waals surface area contributed by atoms with E-state index in [4.69, 9.17) is 4.74 Å². The normalized spacial score (nSPS) is 12.8. The van der Waals surface area contributed by atoms with E-state index in [1.165, 1.54) is 55.6 Å². The molecule has 0 atom stereocenters. The van der Waals surface area contributed by atoms with Crippen molar-refractivity contribution < 1.29 is 4.74 Å². The predicted octanol–water partition coefficient (Wildman–Crippen LogP) is 19.2. The summed E-state index contributed by atoms with van der Waals surface area (Å²) in [5.74, 6) is 1.58. The van der Waals surface area contributed by atoms with Crippen LogP contribution in [0.25, 0.3) is 89.0 Å². The molecule has 13 rings (SSSR count). The van der Waals surface area contributed by atoms with Crippen LogP contribution >= 0.6 is 0 Å². The number of hydrogen-bond donors (Lipinski definition) is 0. The third-order valence-electron chi connectivity index (χ3n) is 14.7. The van der Waals surface area contributed by atoms with Crippen LogP contribution in [0.1, 0.15) is 25.0 Å². The first-order chi connectivity index (χ1) is 35.0. The monoisotopic (exact) mass is 907 g/mol. The molecule has 1 aliphatic carbocycles. The number of ether oxygens (including phenoxy) is 1. The van der Waals surface area contributed by atoms with Crippen LogP contribution in [-0.4, -0.2) is 0 Å². The van der Waals surface area contributed by atoms with E-state index in [2.05, 4.69) is 280 Å². The smallest absolute Gasteiger partial charge is 0.152 e. The van der Waals surface area contributed by atoms with Gasteiger partial charge in [-0.1, -0.05) is 238 Å². The molecule has 1 heterocycles. The standard InChI is InChI=1S/C69H49NO/c1-69(2)61-28-16-15-26-58(61)67-57(27-17-29-62(67)69)56-42-59(52-22-11-5-12-23-52)68(60(43-56)53-24-13-6-14-25-53)70-63-40-38-54(50-34-30-48(31-35-50)46-18-7-3-8-19-46)44-65(63)71-66-45-55(39-41-64(66)70)51-36-32-49(33-37-51)47-20-9-4-10-21-47/h3-45H,1-2H3. The van der Waals surface area contributed by atoms with Crippen molar-refractivity contribution in [2.24, 2.45) is 0 Å². The van der Waals surface area contributed by atoms with E-state index in [1.807, 2.05) is 0 Å². The fourth-order valence-electron chi connectivity index (χ4n) is 11.1. The Morgan fingerprint density at radius 3 is 1.13 bits per heavy atom. The van der Waals surface area contributed by atoms with Gasteiger partial charge in [-0.3, -0.25) is 0 Å². The first-order valence-corrected chi connectivity index (χ1v) is 24.6. The molecule has 2 heteroatoms. The van der Waals surface area contributed by atoms with Crippen molar-refractivity contribution in [3.8, 4) is 101 Å². The molecule has 0 saturated carbocycles. The maximum Gasteiger partial charge on any atom is 0.152 e. The summed E-state index contributed by atoms with van der Waals surface area (Å²) in [7, 11) is 0. The number of rotatable bonds is 8. The van der Waals surface area contributed by atoms with E-state index >= 15 is 0 Å². The topological polar surface area (TPSA) is 12.5 Å². The van der Waals surface area contributed by atoms with Crippen molar-refractivity contribution in [3.63, 3.8) is 0 Å². The lowest BCUT2D eigenvalue weighted by Crippen LogP contribution is -2.18. The summed E-state index contributed by atoms with van der Waals surface area (Å²) < 4.78 is 7.19. The quantitative estimate of drug-likeness (QED) is 0.151. The fraction of sp³-hybridized carbons (Fsp3) is 0.0435. The van der Waals surface area contributed by atoms with Crippen molar-refractivity contribution >= 4 is 17.1 Å². The Balaban J connectivity index is 1.03. The molecule has 11 aromatic carbocycles. The molecule has 1 aliphatic heterocycles. The lowest BCUT2D eigenvalue weighted by molar-refractivity contribution is 0.477. The zero-order valence-corrected chi connectivity index (χ0v) is 39.7. The van der Waals surface area contributed by atoms with Gasteiger partial charge in [0.25, 0.3) is 0 Å². The third kappa shape index (κ3) is 7.35. The largest absolute Gasteiger partial charge is 0.453 e. The molecule has 0 amide bonds. The molecule has 0 N–H and O–H groups in total.